The summed E-state index contributed by atoms with van der Waals surface area (Å²) in [4.78, 5) is 11.6. The highest BCUT2D eigenvalue weighted by atomic mass is 35.5. The quantitative estimate of drug-likeness (QED) is 0.943. The average Bonchev–Trinajstić information content (AvgIpc) is 2.41. The monoisotopic (exact) mass is 300 g/mol. The normalized spacial score (nSPS) is 10.5. The molecule has 1 aromatic carbocycles. The first-order valence-corrected chi connectivity index (χ1v) is 6.15. The van der Waals surface area contributed by atoms with Crippen molar-refractivity contribution in [1.82, 2.24) is 0 Å². The van der Waals surface area contributed by atoms with Crippen LogP contribution < -0.4 is 10.2 Å². The van der Waals surface area contributed by atoms with Crippen LogP contribution in [-0.2, 0) is 13.2 Å². The van der Waals surface area contributed by atoms with Crippen molar-refractivity contribution in [2.24, 2.45) is 0 Å². The van der Waals surface area contributed by atoms with E-state index in [1.165, 1.54) is 12.3 Å². The van der Waals surface area contributed by atoms with Crippen molar-refractivity contribution in [3.8, 4) is 5.75 Å². The maximum absolute atomic E-state index is 11.6. The Hall–Kier alpha value is -1.49. The van der Waals surface area contributed by atoms with Crippen LogP contribution in [0, 0.1) is 0 Å². The molecule has 0 spiro atoms. The van der Waals surface area contributed by atoms with E-state index in [2.05, 4.69) is 0 Å². The molecule has 0 bridgehead atoms. The van der Waals surface area contributed by atoms with Gasteiger partial charge in [-0.1, -0.05) is 29.3 Å². The zero-order chi connectivity index (χ0) is 13.8. The molecule has 0 aliphatic carbocycles. The van der Waals surface area contributed by atoms with Crippen molar-refractivity contribution in [3.05, 3.63) is 62.1 Å². The largest absolute Gasteiger partial charge is 0.482 e. The molecule has 1 N–H and O–H groups in total. The fraction of sp³-hybridized carbons (Fsp3) is 0.154. The van der Waals surface area contributed by atoms with Crippen LogP contribution in [0.5, 0.6) is 5.75 Å². The Balaban J connectivity index is 2.10. The van der Waals surface area contributed by atoms with Crippen LogP contribution in [0.15, 0.2) is 39.7 Å². The van der Waals surface area contributed by atoms with E-state index in [4.69, 9.17) is 37.5 Å². The highest BCUT2D eigenvalue weighted by Gasteiger charge is 2.05. The lowest BCUT2D eigenvalue weighted by atomic mass is 10.2. The molecule has 0 radical (unpaired) electrons. The van der Waals surface area contributed by atoms with E-state index >= 15 is 0 Å². The maximum atomic E-state index is 11.6. The number of ether oxygens (including phenoxy) is 1. The van der Waals surface area contributed by atoms with E-state index < -0.39 is 0 Å². The van der Waals surface area contributed by atoms with Crippen LogP contribution in [0.1, 0.15) is 11.3 Å². The fourth-order valence-electron chi connectivity index (χ4n) is 1.42. The molecule has 0 unspecified atom stereocenters. The first-order chi connectivity index (χ1) is 9.10. The van der Waals surface area contributed by atoms with Gasteiger partial charge in [0.15, 0.2) is 0 Å². The Labute approximate surface area is 119 Å². The molecule has 4 nitrogen and oxygen atoms in total. The van der Waals surface area contributed by atoms with Gasteiger partial charge < -0.3 is 14.3 Å². The van der Waals surface area contributed by atoms with E-state index in [9.17, 15) is 4.79 Å². The second-order valence-corrected chi connectivity index (χ2v) is 4.58. The molecule has 6 heteroatoms. The number of hydrogen-bond acceptors (Lipinski definition) is 4. The van der Waals surface area contributed by atoms with Gasteiger partial charge in [0.1, 0.15) is 25.2 Å². The van der Waals surface area contributed by atoms with Gasteiger partial charge in [-0.25, -0.2) is 0 Å². The van der Waals surface area contributed by atoms with Crippen LogP contribution >= 0.6 is 23.2 Å². The van der Waals surface area contributed by atoms with Gasteiger partial charge in [-0.2, -0.15) is 0 Å². The van der Waals surface area contributed by atoms with Crippen molar-refractivity contribution < 1.29 is 14.3 Å². The molecular weight excluding hydrogens is 291 g/mol. The lowest BCUT2D eigenvalue weighted by Gasteiger charge is -2.06. The van der Waals surface area contributed by atoms with Crippen molar-refractivity contribution in [2.45, 2.75) is 13.2 Å². The summed E-state index contributed by atoms with van der Waals surface area (Å²) in [5.74, 6) is 0.259. The summed E-state index contributed by atoms with van der Waals surface area (Å²) in [5, 5.41) is 9.69. The first kappa shape index (κ1) is 13.9. The van der Waals surface area contributed by atoms with Crippen LogP contribution in [0.4, 0.5) is 0 Å². The standard InChI is InChI=1S/C13H10Cl2O4/c14-10-2-1-8(3-11(10)15)6-19-13-7-18-9(5-16)4-12(13)17/h1-4,7,16H,5-6H2. The molecular formula is C13H10Cl2O4. The lowest BCUT2D eigenvalue weighted by molar-refractivity contribution is 0.236. The number of benzene rings is 1. The summed E-state index contributed by atoms with van der Waals surface area (Å²) >= 11 is 11.7. The molecule has 0 aliphatic rings. The minimum Gasteiger partial charge on any atom is -0.482 e. The van der Waals surface area contributed by atoms with Gasteiger partial charge in [-0.3, -0.25) is 4.79 Å². The molecule has 0 fully saturated rings. The van der Waals surface area contributed by atoms with Gasteiger partial charge in [0, 0.05) is 6.07 Å². The third kappa shape index (κ3) is 3.50. The molecule has 1 aromatic heterocycles. The summed E-state index contributed by atoms with van der Waals surface area (Å²) in [6, 6.07) is 6.25. The molecule has 0 aliphatic heterocycles. The Bertz CT molecular complexity index is 637. The number of aliphatic hydroxyl groups excluding tert-OH is 1. The second kappa shape index (κ2) is 6.10. The van der Waals surface area contributed by atoms with Crippen molar-refractivity contribution in [1.29, 1.82) is 0 Å². The van der Waals surface area contributed by atoms with Crippen LogP contribution in [0.2, 0.25) is 10.0 Å². The molecule has 2 rings (SSSR count). The number of aliphatic hydroxyl groups is 1. The van der Waals surface area contributed by atoms with Crippen LogP contribution in [0.25, 0.3) is 0 Å². The average molecular weight is 301 g/mol. The number of halogens is 2. The van der Waals surface area contributed by atoms with E-state index in [1.807, 2.05) is 0 Å². The second-order valence-electron chi connectivity index (χ2n) is 3.77. The van der Waals surface area contributed by atoms with Gasteiger partial charge in [-0.15, -0.1) is 0 Å². The third-order valence-corrected chi connectivity index (χ3v) is 3.13. The summed E-state index contributed by atoms with van der Waals surface area (Å²) in [7, 11) is 0. The van der Waals surface area contributed by atoms with Crippen molar-refractivity contribution >= 4 is 23.2 Å². The Kier molecular flexibility index (Phi) is 4.47. The SMILES string of the molecule is O=c1cc(CO)occ1OCc1ccc(Cl)c(Cl)c1. The van der Waals surface area contributed by atoms with Gasteiger partial charge in [-0.05, 0) is 17.7 Å². The maximum Gasteiger partial charge on any atom is 0.227 e. The van der Waals surface area contributed by atoms with Gasteiger partial charge >= 0.3 is 0 Å². The predicted octanol–water partition coefficient (Wildman–Crippen LogP) is 3.02. The minimum atomic E-state index is -0.352. The summed E-state index contributed by atoms with van der Waals surface area (Å²) < 4.78 is 10.3. The van der Waals surface area contributed by atoms with E-state index in [0.717, 1.165) is 5.56 Å². The molecule has 0 saturated heterocycles. The minimum absolute atomic E-state index is 0.0725. The molecule has 100 valence electrons. The number of rotatable bonds is 4. The molecule has 0 atom stereocenters. The highest BCUT2D eigenvalue weighted by Crippen LogP contribution is 2.23. The zero-order valence-corrected chi connectivity index (χ0v) is 11.2. The van der Waals surface area contributed by atoms with Gasteiger partial charge in [0.05, 0.1) is 10.0 Å². The third-order valence-electron chi connectivity index (χ3n) is 2.39. The van der Waals surface area contributed by atoms with Crippen LogP contribution in [-0.4, -0.2) is 5.11 Å². The molecule has 0 amide bonds. The fourth-order valence-corrected chi connectivity index (χ4v) is 1.74. The summed E-state index contributed by atoms with van der Waals surface area (Å²) in [5.41, 5.74) is 0.426. The molecule has 19 heavy (non-hydrogen) atoms. The highest BCUT2D eigenvalue weighted by molar-refractivity contribution is 6.42. The lowest BCUT2D eigenvalue weighted by Crippen LogP contribution is -2.08. The van der Waals surface area contributed by atoms with Gasteiger partial charge in [0.2, 0.25) is 11.2 Å². The van der Waals surface area contributed by atoms with Crippen molar-refractivity contribution in [3.63, 3.8) is 0 Å². The molecule has 2 aromatic rings. The smallest absolute Gasteiger partial charge is 0.227 e. The zero-order valence-electron chi connectivity index (χ0n) is 9.73. The Morgan fingerprint density at radius 3 is 2.63 bits per heavy atom. The predicted molar refractivity (Wildman–Crippen MR) is 71.7 cm³/mol. The topological polar surface area (TPSA) is 59.7 Å². The Morgan fingerprint density at radius 1 is 1.21 bits per heavy atom. The summed E-state index contributed by atoms with van der Waals surface area (Å²) in [6.07, 6.45) is 1.17. The molecule has 1 heterocycles. The van der Waals surface area contributed by atoms with E-state index in [1.54, 1.807) is 18.2 Å². The Morgan fingerprint density at radius 2 is 2.00 bits per heavy atom. The van der Waals surface area contributed by atoms with Gasteiger partial charge in [0.25, 0.3) is 0 Å². The van der Waals surface area contributed by atoms with Crippen LogP contribution in [0.3, 0.4) is 0 Å². The van der Waals surface area contributed by atoms with Crippen molar-refractivity contribution in [2.75, 3.05) is 0 Å². The summed E-state index contributed by atoms with van der Waals surface area (Å²) in [6.45, 7) is -0.164. The van der Waals surface area contributed by atoms with E-state index in [-0.39, 0.29) is 30.2 Å². The first-order valence-electron chi connectivity index (χ1n) is 5.39. The van der Waals surface area contributed by atoms with E-state index in [0.29, 0.717) is 10.0 Å². The molecule has 0 saturated carbocycles. The number of hydrogen-bond donors (Lipinski definition) is 1.